The van der Waals surface area contributed by atoms with Crippen molar-refractivity contribution >= 4 is 35.3 Å². The lowest BCUT2D eigenvalue weighted by molar-refractivity contribution is -0.124. The summed E-state index contributed by atoms with van der Waals surface area (Å²) < 4.78 is 0. The lowest BCUT2D eigenvalue weighted by atomic mass is 10.1. The van der Waals surface area contributed by atoms with Crippen LogP contribution in [0.3, 0.4) is 0 Å². The summed E-state index contributed by atoms with van der Waals surface area (Å²) in [6.07, 6.45) is 34.4. The third-order valence-corrected chi connectivity index (χ3v) is 11.9. The second kappa shape index (κ2) is 20.0. The minimum Gasteiger partial charge on any atom is -0.310 e. The Morgan fingerprint density at radius 1 is 0.523 bits per heavy atom. The Hall–Kier alpha value is -1.40. The van der Waals surface area contributed by atoms with Gasteiger partial charge in [-0.25, -0.2) is 0 Å². The second-order valence-electron chi connectivity index (χ2n) is 13.2. The van der Waals surface area contributed by atoms with Crippen molar-refractivity contribution in [3.8, 4) is 0 Å². The molecule has 0 aromatic rings. The van der Waals surface area contributed by atoms with Crippen LogP contribution in [0.4, 0.5) is 0 Å². The molecule has 0 aliphatic carbocycles. The molecule has 0 saturated heterocycles. The molecule has 2 atom stereocenters. The summed E-state index contributed by atoms with van der Waals surface area (Å²) in [6.45, 7) is 6.01. The van der Waals surface area contributed by atoms with Crippen LogP contribution in [0.2, 0.25) is 0 Å². The molecule has 0 radical (unpaired) electrons. The van der Waals surface area contributed by atoms with E-state index >= 15 is 0 Å². The van der Waals surface area contributed by atoms with E-state index in [4.69, 9.17) is 0 Å². The molecule has 0 saturated carbocycles. The molecule has 0 fully saturated rings. The molecule has 4 aliphatic heterocycles. The van der Waals surface area contributed by atoms with Crippen LogP contribution in [-0.4, -0.2) is 56.7 Å². The average Bonchev–Trinajstić information content (AvgIpc) is 3.83. The van der Waals surface area contributed by atoms with Crippen molar-refractivity contribution < 1.29 is 9.59 Å². The first kappa shape index (κ1) is 35.5. The number of amides is 2. The maximum atomic E-state index is 14.2. The molecule has 6 heteroatoms. The van der Waals surface area contributed by atoms with Crippen molar-refractivity contribution in [2.24, 2.45) is 0 Å². The fourth-order valence-corrected chi connectivity index (χ4v) is 9.24. The van der Waals surface area contributed by atoms with Gasteiger partial charge in [0.1, 0.15) is 0 Å². The number of nitrogens with zero attached hydrogens (tertiary/aromatic N) is 2. The zero-order valence-electron chi connectivity index (χ0n) is 28.0. The van der Waals surface area contributed by atoms with Crippen LogP contribution < -0.4 is 0 Å². The Bertz CT molecular complexity index is 963. The lowest BCUT2D eigenvalue weighted by Crippen LogP contribution is -2.35. The fourth-order valence-electron chi connectivity index (χ4n) is 7.13. The van der Waals surface area contributed by atoms with Gasteiger partial charge in [0.25, 0.3) is 11.8 Å². The summed E-state index contributed by atoms with van der Waals surface area (Å²) in [6, 6.07) is 0. The molecule has 2 unspecified atom stereocenters. The Morgan fingerprint density at radius 2 is 0.841 bits per heavy atom. The van der Waals surface area contributed by atoms with Gasteiger partial charge in [0.15, 0.2) is 0 Å². The summed E-state index contributed by atoms with van der Waals surface area (Å²) in [7, 11) is 0. The van der Waals surface area contributed by atoms with E-state index in [9.17, 15) is 9.59 Å². The van der Waals surface area contributed by atoms with Crippen LogP contribution in [0.5, 0.6) is 0 Å². The van der Waals surface area contributed by atoms with Gasteiger partial charge in [-0.05, 0) is 12.8 Å². The highest BCUT2D eigenvalue weighted by Gasteiger charge is 2.50. The van der Waals surface area contributed by atoms with E-state index in [0.717, 1.165) is 72.8 Å². The van der Waals surface area contributed by atoms with E-state index < -0.39 is 0 Å². The number of carbonyl (C=O) groups excluding carboxylic acids is 2. The molecule has 4 nitrogen and oxygen atoms in total. The summed E-state index contributed by atoms with van der Waals surface area (Å²) in [4.78, 5) is 32.5. The number of fused-ring (bicyclic) bond motifs is 1. The van der Waals surface area contributed by atoms with Gasteiger partial charge in [0.05, 0.1) is 33.0 Å². The molecule has 4 aliphatic rings. The smallest absolute Gasteiger partial charge is 0.260 e. The highest BCUT2D eigenvalue weighted by molar-refractivity contribution is 8.00. The first-order chi connectivity index (χ1) is 21.7. The zero-order valence-corrected chi connectivity index (χ0v) is 29.6. The number of hydrogen-bond acceptors (Lipinski definition) is 4. The summed E-state index contributed by atoms with van der Waals surface area (Å²) >= 11 is 3.70. The molecule has 0 spiro atoms. The van der Waals surface area contributed by atoms with Crippen molar-refractivity contribution in [2.45, 2.75) is 153 Å². The first-order valence-corrected chi connectivity index (χ1v) is 20.5. The van der Waals surface area contributed by atoms with Crippen LogP contribution in [-0.2, 0) is 9.59 Å². The summed E-state index contributed by atoms with van der Waals surface area (Å²) in [5, 5.41) is 0.202. The molecular weight excluding hydrogens is 581 g/mol. The SMILES string of the molecule is CCCCCCCCCCCCN1C(=O)C2=C(C3C=CCS3)N(CCCCCCCCCCCC)C(=O)C2=C1C1C=CCS1. The molecule has 4 rings (SSSR count). The van der Waals surface area contributed by atoms with Crippen molar-refractivity contribution in [1.29, 1.82) is 0 Å². The van der Waals surface area contributed by atoms with Crippen LogP contribution >= 0.6 is 23.5 Å². The fraction of sp³-hybridized carbons (Fsp3) is 0.737. The predicted octanol–water partition coefficient (Wildman–Crippen LogP) is 10.4. The maximum absolute atomic E-state index is 14.2. The van der Waals surface area contributed by atoms with Crippen molar-refractivity contribution in [2.75, 3.05) is 24.6 Å². The third kappa shape index (κ3) is 9.80. The van der Waals surface area contributed by atoms with Gasteiger partial charge in [0, 0.05) is 24.6 Å². The number of carbonyl (C=O) groups is 2. The highest BCUT2D eigenvalue weighted by atomic mass is 32.2. The molecular formula is C38H60N2O2S2. The van der Waals surface area contributed by atoms with Crippen molar-refractivity contribution in [1.82, 2.24) is 9.80 Å². The molecule has 0 bridgehead atoms. The van der Waals surface area contributed by atoms with E-state index in [-0.39, 0.29) is 22.3 Å². The molecule has 0 aromatic carbocycles. The predicted molar refractivity (Wildman–Crippen MR) is 192 cm³/mol. The summed E-state index contributed by atoms with van der Waals surface area (Å²) in [5.41, 5.74) is 3.43. The average molecular weight is 641 g/mol. The Kier molecular flexibility index (Phi) is 16.1. The third-order valence-electron chi connectivity index (χ3n) is 9.64. The number of unbranched alkanes of at least 4 members (excludes halogenated alkanes) is 18. The number of thioether (sulfide) groups is 2. The minimum absolute atomic E-state index is 0.0849. The van der Waals surface area contributed by atoms with Gasteiger partial charge < -0.3 is 9.80 Å². The Balaban J connectivity index is 1.36. The zero-order chi connectivity index (χ0) is 31.0. The Labute approximate surface area is 278 Å². The highest BCUT2D eigenvalue weighted by Crippen LogP contribution is 2.47. The van der Waals surface area contributed by atoms with Crippen LogP contribution in [0.15, 0.2) is 46.8 Å². The van der Waals surface area contributed by atoms with Crippen LogP contribution in [0.1, 0.15) is 142 Å². The van der Waals surface area contributed by atoms with Crippen LogP contribution in [0.25, 0.3) is 0 Å². The number of hydrogen-bond donors (Lipinski definition) is 0. The van der Waals surface area contributed by atoms with Crippen molar-refractivity contribution in [3.63, 3.8) is 0 Å². The van der Waals surface area contributed by atoms with Gasteiger partial charge in [0.2, 0.25) is 0 Å². The van der Waals surface area contributed by atoms with E-state index in [1.165, 1.54) is 103 Å². The normalized spacial score (nSPS) is 21.3. The van der Waals surface area contributed by atoms with Gasteiger partial charge in [-0.3, -0.25) is 9.59 Å². The van der Waals surface area contributed by atoms with E-state index in [1.54, 1.807) is 0 Å². The molecule has 0 N–H and O–H groups in total. The van der Waals surface area contributed by atoms with E-state index in [2.05, 4.69) is 38.2 Å². The van der Waals surface area contributed by atoms with Crippen molar-refractivity contribution in [3.05, 3.63) is 46.8 Å². The molecule has 4 heterocycles. The van der Waals surface area contributed by atoms with E-state index in [1.807, 2.05) is 33.3 Å². The first-order valence-electron chi connectivity index (χ1n) is 18.4. The maximum Gasteiger partial charge on any atom is 0.260 e. The minimum atomic E-state index is 0.0849. The molecule has 0 aromatic heterocycles. The largest absolute Gasteiger partial charge is 0.310 e. The topological polar surface area (TPSA) is 40.6 Å². The molecule has 246 valence electrons. The summed E-state index contributed by atoms with van der Waals surface area (Å²) in [5.74, 6) is 2.07. The van der Waals surface area contributed by atoms with Gasteiger partial charge in [-0.15, -0.1) is 23.5 Å². The Morgan fingerprint density at radius 3 is 1.14 bits per heavy atom. The second-order valence-corrected chi connectivity index (χ2v) is 15.5. The number of rotatable bonds is 24. The van der Waals surface area contributed by atoms with E-state index in [0.29, 0.717) is 0 Å². The van der Waals surface area contributed by atoms with Gasteiger partial charge in [-0.2, -0.15) is 0 Å². The lowest BCUT2D eigenvalue weighted by Gasteiger charge is -2.28. The molecule has 44 heavy (non-hydrogen) atoms. The quantitative estimate of drug-likeness (QED) is 0.0778. The van der Waals surface area contributed by atoms with Gasteiger partial charge >= 0.3 is 0 Å². The molecule has 2 amide bonds. The monoisotopic (exact) mass is 640 g/mol. The van der Waals surface area contributed by atoms with Gasteiger partial charge in [-0.1, -0.05) is 154 Å². The van der Waals surface area contributed by atoms with Crippen LogP contribution in [0, 0.1) is 0 Å². The standard InChI is InChI=1S/C38H60N2O2S2/c1-3-5-7-9-11-13-15-17-19-21-27-39-35(31-25-23-29-43-31)33-34(37(39)41)36(32-26-24-30-44-32)40(38(33)42)28-22-20-18-16-14-12-10-8-6-4-2/h23-26,31-32H,3-22,27-30H2,1-2H3.